The van der Waals surface area contributed by atoms with Gasteiger partial charge < -0.3 is 19.3 Å². The van der Waals surface area contributed by atoms with Gasteiger partial charge in [0, 0.05) is 38.0 Å². The molecular weight excluding hydrogens is 573 g/mol. The summed E-state index contributed by atoms with van der Waals surface area (Å²) < 4.78 is 32.1. The van der Waals surface area contributed by atoms with Crippen LogP contribution in [0, 0.1) is 5.82 Å². The number of pyridine rings is 1. The summed E-state index contributed by atoms with van der Waals surface area (Å²) in [6.45, 7) is 0. The van der Waals surface area contributed by atoms with Gasteiger partial charge in [0.2, 0.25) is 0 Å². The van der Waals surface area contributed by atoms with E-state index < -0.39 is 18.2 Å². The Morgan fingerprint density at radius 3 is 2.33 bits per heavy atom. The maximum Gasteiger partial charge on any atom is 0.309 e. The number of hydrogen-bond acceptors (Lipinski definition) is 8. The van der Waals surface area contributed by atoms with Crippen LogP contribution < -0.4 is 9.47 Å². The minimum absolute atomic E-state index is 0.00151. The van der Waals surface area contributed by atoms with E-state index in [4.69, 9.17) is 19.2 Å². The molecule has 42 heavy (non-hydrogen) atoms. The first-order valence-corrected chi connectivity index (χ1v) is 15.4. The van der Waals surface area contributed by atoms with Crippen LogP contribution in [0.4, 0.5) is 4.39 Å². The van der Waals surface area contributed by atoms with Crippen molar-refractivity contribution in [2.75, 3.05) is 14.2 Å². The topological polar surface area (TPSA) is 77.9 Å². The largest absolute Gasteiger partial charge is 0.497 e. The van der Waals surface area contributed by atoms with Crippen molar-refractivity contribution in [2.45, 2.75) is 63.4 Å². The van der Waals surface area contributed by atoms with Crippen molar-refractivity contribution >= 4 is 46.5 Å². The van der Waals surface area contributed by atoms with E-state index in [0.29, 0.717) is 28.0 Å². The highest BCUT2D eigenvalue weighted by molar-refractivity contribution is 7.99. The monoisotopic (exact) mass is 603 g/mol. The van der Waals surface area contributed by atoms with Crippen molar-refractivity contribution in [3.8, 4) is 11.5 Å². The number of carbonyl (C=O) groups is 1. The molecule has 1 aliphatic carbocycles. The first-order chi connectivity index (χ1) is 20.4. The van der Waals surface area contributed by atoms with Gasteiger partial charge in [-0.2, -0.15) is 0 Å². The molecule has 0 bridgehead atoms. The molecule has 9 heteroatoms. The lowest BCUT2D eigenvalue weighted by Crippen LogP contribution is -2.31. The molecule has 6 rings (SSSR count). The van der Waals surface area contributed by atoms with Gasteiger partial charge in [-0.1, -0.05) is 41.7 Å². The number of carbonyl (C=O) groups excluding carboxylic acids is 1. The van der Waals surface area contributed by atoms with Crippen molar-refractivity contribution in [3.05, 3.63) is 83.8 Å². The molecule has 0 radical (unpaired) electrons. The molecule has 3 aromatic carbocycles. The van der Waals surface area contributed by atoms with Gasteiger partial charge in [0.1, 0.15) is 23.4 Å². The van der Waals surface area contributed by atoms with Crippen LogP contribution in [0.5, 0.6) is 11.5 Å². The predicted octanol–water partition coefficient (Wildman–Crippen LogP) is 7.65. The molecule has 2 fully saturated rings. The Morgan fingerprint density at radius 2 is 1.69 bits per heavy atom. The molecule has 1 saturated carbocycles. The zero-order chi connectivity index (χ0) is 29.2. The van der Waals surface area contributed by atoms with Gasteiger partial charge in [-0.05, 0) is 67.4 Å². The Kier molecular flexibility index (Phi) is 8.42. The van der Waals surface area contributed by atoms with Crippen LogP contribution in [-0.2, 0) is 9.53 Å². The van der Waals surface area contributed by atoms with Gasteiger partial charge in [0.25, 0.3) is 0 Å². The van der Waals surface area contributed by atoms with E-state index in [1.807, 2.05) is 66.7 Å². The number of nitrogens with zero attached hydrogens (tertiary/aromatic N) is 1. The highest BCUT2D eigenvalue weighted by Gasteiger charge is 2.31. The average Bonchev–Trinajstić information content (AvgIpc) is 3.82. The van der Waals surface area contributed by atoms with Crippen LogP contribution in [0.25, 0.3) is 17.0 Å². The molecule has 0 amide bonds. The number of hydrogen-bond donors (Lipinski definition) is 1. The number of benzene rings is 3. The number of aliphatic hydroxyl groups excluding tert-OH is 1. The van der Waals surface area contributed by atoms with E-state index in [0.717, 1.165) is 44.5 Å². The average molecular weight is 604 g/mol. The third kappa shape index (κ3) is 6.43. The Labute approximate surface area is 252 Å². The minimum Gasteiger partial charge on any atom is -0.497 e. The lowest BCUT2D eigenvalue weighted by atomic mass is 10.0. The predicted molar refractivity (Wildman–Crippen MR) is 162 cm³/mol. The van der Waals surface area contributed by atoms with Gasteiger partial charge in [0.15, 0.2) is 0 Å². The normalized spacial score (nSPS) is 18.8. The number of halogens is 1. The third-order valence-corrected chi connectivity index (χ3v) is 9.37. The quantitative estimate of drug-likeness (QED) is 0.196. The first kappa shape index (κ1) is 28.6. The molecule has 2 aliphatic rings. The minimum atomic E-state index is -0.737. The lowest BCUT2D eigenvalue weighted by molar-refractivity contribution is -0.156. The van der Waals surface area contributed by atoms with E-state index in [1.54, 1.807) is 20.3 Å². The van der Waals surface area contributed by atoms with Crippen LogP contribution in [0.3, 0.4) is 0 Å². The van der Waals surface area contributed by atoms with Crippen LogP contribution in [0.1, 0.15) is 42.9 Å². The maximum atomic E-state index is 15.8. The number of esters is 1. The summed E-state index contributed by atoms with van der Waals surface area (Å²) in [6, 6.07) is 18.7. The van der Waals surface area contributed by atoms with Crippen molar-refractivity contribution < 1.29 is 28.5 Å². The summed E-state index contributed by atoms with van der Waals surface area (Å²) in [5.41, 5.74) is 2.53. The SMILES string of the molecule is COc1cccc(Sc2cc3nc(C4CC4)c(/C=C/[C@@H]4C[C@@H](O)CC(=O)O4)c(Sc4cccc(OC)c4)c3cc2F)c1. The van der Waals surface area contributed by atoms with Crippen LogP contribution in [0.15, 0.2) is 86.3 Å². The molecule has 1 saturated heterocycles. The number of cyclic esters (lactones) is 1. The van der Waals surface area contributed by atoms with E-state index >= 15 is 4.39 Å². The summed E-state index contributed by atoms with van der Waals surface area (Å²) >= 11 is 2.86. The van der Waals surface area contributed by atoms with Gasteiger partial charge in [-0.3, -0.25) is 9.78 Å². The fraction of sp³-hybridized carbons (Fsp3) is 0.273. The Bertz CT molecular complexity index is 1670. The third-order valence-electron chi connectivity index (χ3n) is 7.22. The molecule has 2 atom stereocenters. The fourth-order valence-corrected chi connectivity index (χ4v) is 7.01. The number of aliphatic hydroxyl groups is 1. The fourth-order valence-electron chi connectivity index (χ4n) is 4.99. The molecule has 1 N–H and O–H groups in total. The molecule has 216 valence electrons. The van der Waals surface area contributed by atoms with Gasteiger partial charge in [-0.15, -0.1) is 0 Å². The Hall–Kier alpha value is -3.53. The Morgan fingerprint density at radius 1 is 1.00 bits per heavy atom. The molecule has 0 spiro atoms. The van der Waals surface area contributed by atoms with Crippen molar-refractivity contribution in [1.29, 1.82) is 0 Å². The van der Waals surface area contributed by atoms with Crippen molar-refractivity contribution in [1.82, 2.24) is 4.98 Å². The van der Waals surface area contributed by atoms with E-state index in [9.17, 15) is 9.90 Å². The summed E-state index contributed by atoms with van der Waals surface area (Å²) in [4.78, 5) is 20.2. The summed E-state index contributed by atoms with van der Waals surface area (Å²) in [7, 11) is 3.24. The van der Waals surface area contributed by atoms with Gasteiger partial charge >= 0.3 is 5.97 Å². The second-order valence-corrected chi connectivity index (χ2v) is 12.6. The zero-order valence-corrected chi connectivity index (χ0v) is 24.8. The molecule has 1 aromatic heterocycles. The number of methoxy groups -OCH3 is 2. The number of fused-ring (bicyclic) bond motifs is 1. The van der Waals surface area contributed by atoms with E-state index in [-0.39, 0.29) is 18.2 Å². The highest BCUT2D eigenvalue weighted by Crippen LogP contribution is 2.47. The molecule has 4 aromatic rings. The number of rotatable bonds is 9. The van der Waals surface area contributed by atoms with Crippen molar-refractivity contribution in [3.63, 3.8) is 0 Å². The zero-order valence-electron chi connectivity index (χ0n) is 23.2. The summed E-state index contributed by atoms with van der Waals surface area (Å²) in [5.74, 6) is 0.960. The molecule has 1 aliphatic heterocycles. The lowest BCUT2D eigenvalue weighted by Gasteiger charge is -2.23. The number of ether oxygens (including phenoxy) is 3. The highest BCUT2D eigenvalue weighted by atomic mass is 32.2. The second kappa shape index (κ2) is 12.4. The standard InChI is InChI=1S/C33H30FNO5S2/c1-38-21-5-3-7-24(15-21)41-30-18-29-27(17-28(30)34)33(42-25-8-4-6-22(16-25)39-2)26(32(35-29)19-9-10-19)12-11-23-13-20(36)14-31(37)40-23/h3-8,11-12,15-20,23,36H,9-10,13-14H2,1-2H3/b12-11+/t20-,23-/m1/s1. The van der Waals surface area contributed by atoms with Crippen LogP contribution in [0.2, 0.25) is 0 Å². The molecule has 0 unspecified atom stereocenters. The number of aromatic nitrogens is 1. The molecule has 2 heterocycles. The first-order valence-electron chi connectivity index (χ1n) is 13.8. The van der Waals surface area contributed by atoms with Crippen molar-refractivity contribution in [2.24, 2.45) is 0 Å². The Balaban J connectivity index is 1.47. The van der Waals surface area contributed by atoms with Crippen LogP contribution in [-0.4, -0.2) is 42.5 Å². The summed E-state index contributed by atoms with van der Waals surface area (Å²) in [5, 5.41) is 10.8. The van der Waals surface area contributed by atoms with Crippen LogP contribution >= 0.6 is 23.5 Å². The van der Waals surface area contributed by atoms with Gasteiger partial charge in [-0.25, -0.2) is 4.39 Å². The smallest absolute Gasteiger partial charge is 0.309 e. The molecule has 6 nitrogen and oxygen atoms in total. The van der Waals surface area contributed by atoms with Gasteiger partial charge in [0.05, 0.1) is 42.9 Å². The summed E-state index contributed by atoms with van der Waals surface area (Å²) in [6.07, 6.45) is 4.83. The second-order valence-electron chi connectivity index (χ2n) is 10.4. The van der Waals surface area contributed by atoms with E-state index in [1.165, 1.54) is 23.5 Å². The van der Waals surface area contributed by atoms with E-state index in [2.05, 4.69) is 0 Å². The maximum absolute atomic E-state index is 15.8. The molecular formula is C33H30FNO5S2.